The molecule has 0 spiro atoms. The summed E-state index contributed by atoms with van der Waals surface area (Å²) in [5.41, 5.74) is 0.776. The number of hydrogen-bond donors (Lipinski definition) is 1. The molecular weight excluding hydrogens is 288 g/mol. The predicted molar refractivity (Wildman–Crippen MR) is 83.2 cm³/mol. The number of carbonyl (C=O) groups is 1. The summed E-state index contributed by atoms with van der Waals surface area (Å²) >= 11 is 1.32. The third kappa shape index (κ3) is 4.77. The Balaban J connectivity index is 1.87. The number of rotatable bonds is 5. The zero-order chi connectivity index (χ0) is 15.1. The Labute approximate surface area is 125 Å². The van der Waals surface area contributed by atoms with Gasteiger partial charge in [0, 0.05) is 28.8 Å². The van der Waals surface area contributed by atoms with Gasteiger partial charge in [0.05, 0.1) is 4.92 Å². The largest absolute Gasteiger partial charge is 0.322 e. The third-order valence-corrected chi connectivity index (χ3v) is 3.33. The molecule has 2 aromatic rings. The van der Waals surface area contributed by atoms with Crippen LogP contribution in [0.15, 0.2) is 71.0 Å². The van der Waals surface area contributed by atoms with Gasteiger partial charge in [-0.25, -0.2) is 0 Å². The molecule has 2 aromatic carbocycles. The van der Waals surface area contributed by atoms with Gasteiger partial charge in [-0.3, -0.25) is 14.9 Å². The van der Waals surface area contributed by atoms with Crippen molar-refractivity contribution in [3.8, 4) is 0 Å². The number of hydrogen-bond acceptors (Lipinski definition) is 4. The number of nitro benzene ring substituents is 1. The fourth-order valence-corrected chi connectivity index (χ4v) is 2.17. The van der Waals surface area contributed by atoms with Gasteiger partial charge in [-0.05, 0) is 29.7 Å². The Morgan fingerprint density at radius 3 is 2.38 bits per heavy atom. The monoisotopic (exact) mass is 300 g/mol. The maximum Gasteiger partial charge on any atom is 0.269 e. The van der Waals surface area contributed by atoms with Gasteiger partial charge in [0.25, 0.3) is 5.69 Å². The molecule has 21 heavy (non-hydrogen) atoms. The van der Waals surface area contributed by atoms with Gasteiger partial charge in [0.2, 0.25) is 5.91 Å². The number of anilines is 1. The number of carbonyl (C=O) groups excluding carboxylic acids is 1. The predicted octanol–water partition coefficient (Wildman–Crippen LogP) is 3.84. The number of nitrogens with zero attached hydrogens (tertiary/aromatic N) is 1. The minimum absolute atomic E-state index is 0.0464. The van der Waals surface area contributed by atoms with Gasteiger partial charge in [-0.15, -0.1) is 0 Å². The second kappa shape index (κ2) is 7.25. The fourth-order valence-electron chi connectivity index (χ4n) is 1.53. The van der Waals surface area contributed by atoms with Crippen LogP contribution < -0.4 is 5.32 Å². The Morgan fingerprint density at radius 2 is 1.76 bits per heavy atom. The lowest BCUT2D eigenvalue weighted by atomic mass is 10.3. The molecule has 2 rings (SSSR count). The number of thioether (sulfide) groups is 1. The highest BCUT2D eigenvalue weighted by atomic mass is 32.2. The summed E-state index contributed by atoms with van der Waals surface area (Å²) < 4.78 is 0. The Bertz CT molecular complexity index is 654. The van der Waals surface area contributed by atoms with E-state index in [4.69, 9.17) is 0 Å². The van der Waals surface area contributed by atoms with Crippen LogP contribution in [0.2, 0.25) is 0 Å². The van der Waals surface area contributed by atoms with E-state index >= 15 is 0 Å². The second-order valence-electron chi connectivity index (χ2n) is 4.03. The van der Waals surface area contributed by atoms with Crippen molar-refractivity contribution in [2.24, 2.45) is 0 Å². The lowest BCUT2D eigenvalue weighted by Crippen LogP contribution is -2.07. The Morgan fingerprint density at radius 1 is 1.10 bits per heavy atom. The van der Waals surface area contributed by atoms with E-state index in [1.165, 1.54) is 30.0 Å². The maximum absolute atomic E-state index is 11.6. The van der Waals surface area contributed by atoms with Gasteiger partial charge in [-0.2, -0.15) is 0 Å². The molecule has 0 fully saturated rings. The van der Waals surface area contributed by atoms with E-state index in [0.29, 0.717) is 0 Å². The molecule has 1 amide bonds. The normalized spacial score (nSPS) is 10.5. The van der Waals surface area contributed by atoms with Gasteiger partial charge in [-0.1, -0.05) is 30.0 Å². The summed E-state index contributed by atoms with van der Waals surface area (Å²) in [6, 6.07) is 15.3. The van der Waals surface area contributed by atoms with Crippen molar-refractivity contribution < 1.29 is 9.72 Å². The topological polar surface area (TPSA) is 72.2 Å². The van der Waals surface area contributed by atoms with Crippen LogP contribution in [-0.4, -0.2) is 10.8 Å². The molecule has 6 heteroatoms. The van der Waals surface area contributed by atoms with Crippen molar-refractivity contribution in [3.05, 3.63) is 76.2 Å². The van der Waals surface area contributed by atoms with Crippen molar-refractivity contribution in [1.29, 1.82) is 0 Å². The highest BCUT2D eigenvalue weighted by Gasteiger charge is 2.03. The highest BCUT2D eigenvalue weighted by molar-refractivity contribution is 8.02. The van der Waals surface area contributed by atoms with Crippen LogP contribution in [0.3, 0.4) is 0 Å². The molecule has 0 bridgehead atoms. The number of nitro groups is 1. The molecule has 5 nitrogen and oxygen atoms in total. The van der Waals surface area contributed by atoms with Crippen LogP contribution in [0.25, 0.3) is 0 Å². The lowest BCUT2D eigenvalue weighted by Gasteiger charge is -2.00. The molecule has 0 saturated carbocycles. The maximum atomic E-state index is 11.6. The number of non-ortho nitro benzene ring substituents is 1. The van der Waals surface area contributed by atoms with Gasteiger partial charge < -0.3 is 5.32 Å². The van der Waals surface area contributed by atoms with E-state index in [1.807, 2.05) is 18.2 Å². The van der Waals surface area contributed by atoms with E-state index in [1.54, 1.807) is 29.7 Å². The molecule has 0 aliphatic heterocycles. The average Bonchev–Trinajstić information content (AvgIpc) is 2.49. The van der Waals surface area contributed by atoms with Crippen LogP contribution in [0.1, 0.15) is 0 Å². The van der Waals surface area contributed by atoms with Gasteiger partial charge in [0.15, 0.2) is 0 Å². The van der Waals surface area contributed by atoms with Crippen LogP contribution in [0.5, 0.6) is 0 Å². The smallest absolute Gasteiger partial charge is 0.269 e. The summed E-state index contributed by atoms with van der Waals surface area (Å²) in [5, 5.41) is 14.9. The number of nitrogens with one attached hydrogen (secondary N) is 1. The van der Waals surface area contributed by atoms with Crippen LogP contribution >= 0.6 is 11.8 Å². The first kappa shape index (κ1) is 14.8. The van der Waals surface area contributed by atoms with E-state index in [-0.39, 0.29) is 11.6 Å². The molecule has 0 saturated heterocycles. The summed E-state index contributed by atoms with van der Waals surface area (Å²) in [6.45, 7) is 0. The number of benzene rings is 2. The molecule has 0 atom stereocenters. The minimum Gasteiger partial charge on any atom is -0.322 e. The Hall–Kier alpha value is -2.60. The highest BCUT2D eigenvalue weighted by Crippen LogP contribution is 2.22. The lowest BCUT2D eigenvalue weighted by molar-refractivity contribution is -0.384. The van der Waals surface area contributed by atoms with Crippen LogP contribution in [0.4, 0.5) is 11.4 Å². The standard InChI is InChI=1S/C15H12N2O3S/c18-15(16-12-4-2-1-3-5-12)10-11-21-14-8-6-13(7-9-14)17(19)20/h1-11H,(H,16,18). The number of para-hydroxylation sites is 1. The molecule has 106 valence electrons. The summed E-state index contributed by atoms with van der Waals surface area (Å²) in [7, 11) is 0. The molecule has 0 radical (unpaired) electrons. The quantitative estimate of drug-likeness (QED) is 0.394. The van der Waals surface area contributed by atoms with Crippen molar-refractivity contribution in [3.63, 3.8) is 0 Å². The molecule has 0 heterocycles. The minimum atomic E-state index is -0.447. The molecule has 0 aromatic heterocycles. The Kier molecular flexibility index (Phi) is 5.11. The summed E-state index contributed by atoms with van der Waals surface area (Å²) in [4.78, 5) is 22.5. The summed E-state index contributed by atoms with van der Waals surface area (Å²) in [6.07, 6.45) is 1.42. The van der Waals surface area contributed by atoms with Crippen LogP contribution in [0, 0.1) is 10.1 Å². The molecule has 0 aliphatic carbocycles. The van der Waals surface area contributed by atoms with E-state index in [2.05, 4.69) is 5.32 Å². The van der Waals surface area contributed by atoms with Crippen molar-refractivity contribution >= 4 is 29.0 Å². The average molecular weight is 300 g/mol. The van der Waals surface area contributed by atoms with Gasteiger partial charge in [0.1, 0.15) is 0 Å². The first-order chi connectivity index (χ1) is 10.1. The third-order valence-electron chi connectivity index (χ3n) is 2.51. The van der Waals surface area contributed by atoms with E-state index < -0.39 is 4.92 Å². The van der Waals surface area contributed by atoms with Gasteiger partial charge >= 0.3 is 0 Å². The van der Waals surface area contributed by atoms with Crippen molar-refractivity contribution in [2.45, 2.75) is 4.90 Å². The van der Waals surface area contributed by atoms with E-state index in [0.717, 1.165) is 10.6 Å². The second-order valence-corrected chi connectivity index (χ2v) is 5.01. The molecule has 0 unspecified atom stereocenters. The van der Waals surface area contributed by atoms with Crippen LogP contribution in [-0.2, 0) is 4.79 Å². The zero-order valence-electron chi connectivity index (χ0n) is 10.9. The molecular formula is C15H12N2O3S. The number of amides is 1. The molecule has 1 N–H and O–H groups in total. The zero-order valence-corrected chi connectivity index (χ0v) is 11.7. The first-order valence-corrected chi connectivity index (χ1v) is 6.97. The summed E-state index contributed by atoms with van der Waals surface area (Å²) in [5.74, 6) is -0.226. The molecule has 0 aliphatic rings. The van der Waals surface area contributed by atoms with E-state index in [9.17, 15) is 14.9 Å². The SMILES string of the molecule is O=C(C=CSc1ccc([N+](=O)[O-])cc1)Nc1ccccc1. The fraction of sp³-hybridized carbons (Fsp3) is 0. The first-order valence-electron chi connectivity index (χ1n) is 6.09. The van der Waals surface area contributed by atoms with Crippen molar-refractivity contribution in [2.75, 3.05) is 5.32 Å². The van der Waals surface area contributed by atoms with Crippen molar-refractivity contribution in [1.82, 2.24) is 0 Å².